The van der Waals surface area contributed by atoms with Gasteiger partial charge in [-0.25, -0.2) is 0 Å². The van der Waals surface area contributed by atoms with Crippen molar-refractivity contribution in [1.29, 1.82) is 0 Å². The zero-order valence-electron chi connectivity index (χ0n) is 10.8. The van der Waals surface area contributed by atoms with E-state index in [0.29, 0.717) is 0 Å². The molecule has 0 aromatic carbocycles. The molecule has 2 N–H and O–H groups in total. The van der Waals surface area contributed by atoms with E-state index >= 15 is 0 Å². The average molecular weight is 250 g/mol. The lowest BCUT2D eigenvalue weighted by molar-refractivity contribution is -0.122. The standard InChI is InChI=1S/C6H11ClO.C6H13NO/c2*1-3-5(4-2)6(7)8/h5H,3-4H2,1-2H3;5H,3-4H2,1-2H3,(H2,7,8). The number of carbonyl (C=O) groups is 2. The van der Waals surface area contributed by atoms with Gasteiger partial charge in [0.1, 0.15) is 0 Å². The number of carbonyl (C=O) groups excluding carboxylic acids is 2. The van der Waals surface area contributed by atoms with E-state index in [1.54, 1.807) is 0 Å². The van der Waals surface area contributed by atoms with E-state index in [9.17, 15) is 9.59 Å². The van der Waals surface area contributed by atoms with Gasteiger partial charge in [0.15, 0.2) is 0 Å². The largest absolute Gasteiger partial charge is 0.369 e. The van der Waals surface area contributed by atoms with Crippen LogP contribution in [-0.4, -0.2) is 11.1 Å². The smallest absolute Gasteiger partial charge is 0.224 e. The summed E-state index contributed by atoms with van der Waals surface area (Å²) < 4.78 is 0. The van der Waals surface area contributed by atoms with Crippen molar-refractivity contribution in [2.45, 2.75) is 53.4 Å². The van der Waals surface area contributed by atoms with Crippen molar-refractivity contribution in [3.63, 3.8) is 0 Å². The molecular formula is C12H24ClNO2. The van der Waals surface area contributed by atoms with Gasteiger partial charge in [-0.3, -0.25) is 9.59 Å². The summed E-state index contributed by atoms with van der Waals surface area (Å²) in [5.74, 6) is 0.00154. The lowest BCUT2D eigenvalue weighted by atomic mass is 10.0. The van der Waals surface area contributed by atoms with Crippen LogP contribution in [0.5, 0.6) is 0 Å². The Kier molecular flexibility index (Phi) is 12.2. The normalized spacial score (nSPS) is 9.94. The zero-order chi connectivity index (χ0) is 13.1. The molecule has 3 nitrogen and oxygen atoms in total. The van der Waals surface area contributed by atoms with Gasteiger partial charge in [0, 0.05) is 11.8 Å². The monoisotopic (exact) mass is 249 g/mol. The van der Waals surface area contributed by atoms with Crippen LogP contribution in [0, 0.1) is 11.8 Å². The Morgan fingerprint density at radius 1 is 0.938 bits per heavy atom. The van der Waals surface area contributed by atoms with Crippen molar-refractivity contribution in [2.75, 3.05) is 0 Å². The van der Waals surface area contributed by atoms with Gasteiger partial charge in [0.25, 0.3) is 0 Å². The van der Waals surface area contributed by atoms with Crippen molar-refractivity contribution in [3.8, 4) is 0 Å². The molecule has 0 aliphatic carbocycles. The van der Waals surface area contributed by atoms with Crippen LogP contribution in [-0.2, 0) is 9.59 Å². The molecule has 0 aromatic heterocycles. The second-order valence-corrected chi connectivity index (χ2v) is 4.11. The predicted octanol–water partition coefficient (Wildman–Crippen LogP) is 3.10. The zero-order valence-corrected chi connectivity index (χ0v) is 11.5. The second-order valence-electron chi connectivity index (χ2n) is 3.73. The molecule has 1 amide bonds. The lowest BCUT2D eigenvalue weighted by Gasteiger charge is -2.04. The maximum absolute atomic E-state index is 10.4. The molecule has 0 radical (unpaired) electrons. The first kappa shape index (κ1) is 17.8. The Bertz CT molecular complexity index is 177. The highest BCUT2D eigenvalue weighted by Gasteiger charge is 2.09. The summed E-state index contributed by atoms with van der Waals surface area (Å²) >= 11 is 5.21. The first-order chi connectivity index (χ1) is 7.44. The molecule has 0 rings (SSSR count). The molecule has 0 aromatic rings. The van der Waals surface area contributed by atoms with Crippen molar-refractivity contribution < 1.29 is 9.59 Å². The number of amides is 1. The summed E-state index contributed by atoms with van der Waals surface area (Å²) in [6.45, 7) is 7.88. The summed E-state index contributed by atoms with van der Waals surface area (Å²) in [5, 5.41) is -0.199. The Morgan fingerprint density at radius 2 is 1.25 bits per heavy atom. The Hall–Kier alpha value is -0.570. The number of primary amides is 1. The van der Waals surface area contributed by atoms with Crippen LogP contribution >= 0.6 is 11.6 Å². The van der Waals surface area contributed by atoms with Crippen molar-refractivity contribution in [2.24, 2.45) is 17.6 Å². The minimum absolute atomic E-state index is 0.0802. The van der Waals surface area contributed by atoms with Crippen LogP contribution in [0.15, 0.2) is 0 Å². The summed E-state index contributed by atoms with van der Waals surface area (Å²) in [7, 11) is 0. The van der Waals surface area contributed by atoms with Crippen LogP contribution in [0.2, 0.25) is 0 Å². The maximum atomic E-state index is 10.4. The van der Waals surface area contributed by atoms with Crippen molar-refractivity contribution in [1.82, 2.24) is 0 Å². The summed E-state index contributed by atoms with van der Waals surface area (Å²) in [6, 6.07) is 0. The molecule has 0 aliphatic heterocycles. The highest BCUT2D eigenvalue weighted by molar-refractivity contribution is 6.63. The maximum Gasteiger partial charge on any atom is 0.224 e. The summed E-state index contributed by atoms with van der Waals surface area (Å²) in [6.07, 6.45) is 3.45. The minimum atomic E-state index is -0.199. The highest BCUT2D eigenvalue weighted by atomic mass is 35.5. The molecule has 16 heavy (non-hydrogen) atoms. The highest BCUT2D eigenvalue weighted by Crippen LogP contribution is 2.10. The minimum Gasteiger partial charge on any atom is -0.369 e. The summed E-state index contributed by atoms with van der Waals surface area (Å²) in [4.78, 5) is 20.8. The quantitative estimate of drug-likeness (QED) is 0.736. The average Bonchev–Trinajstić information content (AvgIpc) is 2.21. The Morgan fingerprint density at radius 3 is 1.25 bits per heavy atom. The fraction of sp³-hybridized carbons (Fsp3) is 0.833. The van der Waals surface area contributed by atoms with E-state index in [1.165, 1.54) is 0 Å². The van der Waals surface area contributed by atoms with Crippen molar-refractivity contribution >= 4 is 22.8 Å². The fourth-order valence-electron chi connectivity index (χ4n) is 1.30. The van der Waals surface area contributed by atoms with E-state index in [4.69, 9.17) is 17.3 Å². The number of nitrogens with two attached hydrogens (primary N) is 1. The molecule has 0 aliphatic rings. The molecule has 0 saturated heterocycles. The van der Waals surface area contributed by atoms with E-state index < -0.39 is 0 Å². The van der Waals surface area contributed by atoms with Gasteiger partial charge in [0.05, 0.1) is 0 Å². The van der Waals surface area contributed by atoms with Gasteiger partial charge >= 0.3 is 0 Å². The van der Waals surface area contributed by atoms with E-state index in [1.807, 2.05) is 27.7 Å². The van der Waals surface area contributed by atoms with Gasteiger partial charge in [0.2, 0.25) is 11.1 Å². The lowest BCUT2D eigenvalue weighted by Crippen LogP contribution is -2.21. The van der Waals surface area contributed by atoms with Crippen LogP contribution < -0.4 is 5.73 Å². The summed E-state index contributed by atoms with van der Waals surface area (Å²) in [5.41, 5.74) is 5.02. The van der Waals surface area contributed by atoms with Crippen LogP contribution in [0.4, 0.5) is 0 Å². The van der Waals surface area contributed by atoms with Gasteiger partial charge in [-0.05, 0) is 37.3 Å². The third-order valence-electron chi connectivity index (χ3n) is 2.69. The Labute approximate surface area is 104 Å². The molecule has 0 atom stereocenters. The molecule has 96 valence electrons. The third kappa shape index (κ3) is 8.72. The predicted molar refractivity (Wildman–Crippen MR) is 68.2 cm³/mol. The van der Waals surface area contributed by atoms with E-state index in [-0.39, 0.29) is 23.0 Å². The van der Waals surface area contributed by atoms with Crippen LogP contribution in [0.25, 0.3) is 0 Å². The second kappa shape index (κ2) is 10.9. The molecule has 4 heteroatoms. The number of rotatable bonds is 6. The fourth-order valence-corrected chi connectivity index (χ4v) is 1.61. The number of hydrogen-bond donors (Lipinski definition) is 1. The Balaban J connectivity index is 0. The molecule has 0 saturated carbocycles. The number of halogens is 1. The van der Waals surface area contributed by atoms with Crippen LogP contribution in [0.1, 0.15) is 53.4 Å². The molecule has 0 spiro atoms. The SMILES string of the molecule is CCC(CC)C(=O)Cl.CCC(CC)C(N)=O. The van der Waals surface area contributed by atoms with Crippen molar-refractivity contribution in [3.05, 3.63) is 0 Å². The van der Waals surface area contributed by atoms with E-state index in [0.717, 1.165) is 25.7 Å². The molecule has 0 fully saturated rings. The van der Waals surface area contributed by atoms with Gasteiger partial charge in [-0.1, -0.05) is 27.7 Å². The first-order valence-electron chi connectivity index (χ1n) is 5.92. The molecule has 0 heterocycles. The molecular weight excluding hydrogens is 226 g/mol. The molecule has 0 bridgehead atoms. The van der Waals surface area contributed by atoms with E-state index in [2.05, 4.69) is 0 Å². The van der Waals surface area contributed by atoms with Gasteiger partial charge < -0.3 is 5.73 Å². The first-order valence-corrected chi connectivity index (χ1v) is 6.30. The molecule has 0 unspecified atom stereocenters. The van der Waals surface area contributed by atoms with Gasteiger partial charge in [-0.15, -0.1) is 0 Å². The number of hydrogen-bond acceptors (Lipinski definition) is 2. The van der Waals surface area contributed by atoms with Crippen LogP contribution in [0.3, 0.4) is 0 Å². The van der Waals surface area contributed by atoms with Gasteiger partial charge in [-0.2, -0.15) is 0 Å². The third-order valence-corrected chi connectivity index (χ3v) is 3.00. The topological polar surface area (TPSA) is 60.2 Å².